The lowest BCUT2D eigenvalue weighted by Crippen LogP contribution is -1.98. The number of esters is 1. The van der Waals surface area contributed by atoms with Crippen LogP contribution < -0.4 is 0 Å². The normalized spacial score (nSPS) is 23.0. The standard InChI is InChI=1S/C9H9BrO2/c1-5-6-3-2-4-7(10)8(6)12-9(5)11/h2-4H2,1H3. The minimum atomic E-state index is -0.182. The molecule has 3 heteroatoms. The van der Waals surface area contributed by atoms with Crippen LogP contribution in [-0.4, -0.2) is 5.97 Å². The van der Waals surface area contributed by atoms with E-state index in [0.717, 1.165) is 40.7 Å². The van der Waals surface area contributed by atoms with Crippen LogP contribution >= 0.6 is 15.9 Å². The molecule has 64 valence electrons. The van der Waals surface area contributed by atoms with Crippen LogP contribution in [-0.2, 0) is 9.53 Å². The molecule has 0 fully saturated rings. The number of carbonyl (C=O) groups excluding carboxylic acids is 1. The second kappa shape index (κ2) is 2.73. The quantitative estimate of drug-likeness (QED) is 0.597. The molecule has 0 aromatic rings. The number of carbonyl (C=O) groups is 1. The summed E-state index contributed by atoms with van der Waals surface area (Å²) in [6, 6.07) is 0. The molecule has 12 heavy (non-hydrogen) atoms. The second-order valence-corrected chi connectivity index (χ2v) is 4.04. The van der Waals surface area contributed by atoms with Crippen molar-refractivity contribution < 1.29 is 9.53 Å². The molecular weight excluding hydrogens is 220 g/mol. The number of allylic oxidation sites excluding steroid dienone is 2. The van der Waals surface area contributed by atoms with Gasteiger partial charge < -0.3 is 4.74 Å². The van der Waals surface area contributed by atoms with Gasteiger partial charge >= 0.3 is 5.97 Å². The van der Waals surface area contributed by atoms with E-state index in [9.17, 15) is 4.79 Å². The highest BCUT2D eigenvalue weighted by molar-refractivity contribution is 9.11. The minimum absolute atomic E-state index is 0.182. The topological polar surface area (TPSA) is 26.3 Å². The molecule has 0 bridgehead atoms. The predicted octanol–water partition coefficient (Wildman–Crippen LogP) is 2.65. The summed E-state index contributed by atoms with van der Waals surface area (Å²) < 4.78 is 6.15. The Hall–Kier alpha value is -0.570. The molecule has 0 unspecified atom stereocenters. The van der Waals surface area contributed by atoms with Gasteiger partial charge in [-0.25, -0.2) is 4.79 Å². The van der Waals surface area contributed by atoms with Gasteiger partial charge in [0.25, 0.3) is 0 Å². The Bertz CT molecular complexity index is 312. The predicted molar refractivity (Wildman–Crippen MR) is 48.6 cm³/mol. The summed E-state index contributed by atoms with van der Waals surface area (Å²) in [6.07, 6.45) is 3.06. The highest BCUT2D eigenvalue weighted by Gasteiger charge is 2.30. The lowest BCUT2D eigenvalue weighted by molar-refractivity contribution is -0.133. The fourth-order valence-corrected chi connectivity index (χ4v) is 2.18. The SMILES string of the molecule is CC1=C2CCCC(Br)=C2OC1=O. The van der Waals surface area contributed by atoms with Gasteiger partial charge in [0, 0.05) is 15.6 Å². The maximum atomic E-state index is 11.2. The molecule has 0 atom stereocenters. The zero-order valence-electron chi connectivity index (χ0n) is 6.82. The fourth-order valence-electron chi connectivity index (χ4n) is 1.58. The first-order chi connectivity index (χ1) is 5.70. The smallest absolute Gasteiger partial charge is 0.339 e. The van der Waals surface area contributed by atoms with Crippen LogP contribution in [0.15, 0.2) is 21.4 Å². The van der Waals surface area contributed by atoms with Crippen molar-refractivity contribution >= 4 is 21.9 Å². The molecule has 0 radical (unpaired) electrons. The van der Waals surface area contributed by atoms with Gasteiger partial charge in [0.1, 0.15) is 5.76 Å². The molecule has 0 saturated heterocycles. The highest BCUT2D eigenvalue weighted by Crippen LogP contribution is 2.39. The molecule has 2 aliphatic rings. The minimum Gasteiger partial charge on any atom is -0.422 e. The van der Waals surface area contributed by atoms with E-state index in [0.29, 0.717) is 0 Å². The second-order valence-electron chi connectivity index (χ2n) is 3.08. The Labute approximate surface area is 79.4 Å². The lowest BCUT2D eigenvalue weighted by atomic mass is 9.98. The maximum absolute atomic E-state index is 11.2. The van der Waals surface area contributed by atoms with E-state index in [1.165, 1.54) is 0 Å². The summed E-state index contributed by atoms with van der Waals surface area (Å²) in [4.78, 5) is 11.2. The van der Waals surface area contributed by atoms with Gasteiger partial charge in [-0.3, -0.25) is 0 Å². The Kier molecular flexibility index (Phi) is 1.83. The highest BCUT2D eigenvalue weighted by atomic mass is 79.9. The van der Waals surface area contributed by atoms with E-state index in [-0.39, 0.29) is 5.97 Å². The number of halogens is 1. The van der Waals surface area contributed by atoms with Crippen molar-refractivity contribution in [3.05, 3.63) is 21.4 Å². The first-order valence-corrected chi connectivity index (χ1v) is 4.80. The van der Waals surface area contributed by atoms with Crippen molar-refractivity contribution in [3.8, 4) is 0 Å². The van der Waals surface area contributed by atoms with E-state index in [4.69, 9.17) is 4.74 Å². The zero-order valence-corrected chi connectivity index (χ0v) is 8.40. The van der Waals surface area contributed by atoms with Gasteiger partial charge in [-0.15, -0.1) is 0 Å². The molecule has 0 N–H and O–H groups in total. The summed E-state index contributed by atoms with van der Waals surface area (Å²) in [5.41, 5.74) is 1.87. The number of ether oxygens (including phenoxy) is 1. The van der Waals surface area contributed by atoms with E-state index in [1.807, 2.05) is 6.92 Å². The lowest BCUT2D eigenvalue weighted by Gasteiger charge is -2.12. The van der Waals surface area contributed by atoms with Crippen molar-refractivity contribution in [3.63, 3.8) is 0 Å². The first kappa shape index (κ1) is 8.05. The number of hydrogen-bond acceptors (Lipinski definition) is 2. The fraction of sp³-hybridized carbons (Fsp3) is 0.444. The van der Waals surface area contributed by atoms with Crippen LogP contribution in [0.5, 0.6) is 0 Å². The summed E-state index contributed by atoms with van der Waals surface area (Å²) in [7, 11) is 0. The van der Waals surface area contributed by atoms with Gasteiger partial charge in [0.05, 0.1) is 0 Å². The Balaban J connectivity index is 2.52. The van der Waals surface area contributed by atoms with Crippen LogP contribution in [0.2, 0.25) is 0 Å². The zero-order chi connectivity index (χ0) is 8.72. The monoisotopic (exact) mass is 228 g/mol. The number of rotatable bonds is 0. The van der Waals surface area contributed by atoms with Crippen molar-refractivity contribution in [1.29, 1.82) is 0 Å². The molecule has 0 aromatic carbocycles. The summed E-state index contributed by atoms with van der Waals surface area (Å²) >= 11 is 3.42. The molecule has 1 heterocycles. The van der Waals surface area contributed by atoms with Gasteiger partial charge in [-0.2, -0.15) is 0 Å². The van der Waals surface area contributed by atoms with Gasteiger partial charge in [0.2, 0.25) is 0 Å². The summed E-state index contributed by atoms with van der Waals surface area (Å²) in [5, 5.41) is 0. The van der Waals surface area contributed by atoms with Crippen LogP contribution in [0, 0.1) is 0 Å². The molecule has 0 spiro atoms. The third-order valence-corrected chi connectivity index (χ3v) is 3.05. The van der Waals surface area contributed by atoms with Gasteiger partial charge in [-0.05, 0) is 26.2 Å². The van der Waals surface area contributed by atoms with E-state index >= 15 is 0 Å². The summed E-state index contributed by atoms with van der Waals surface area (Å²) in [6.45, 7) is 1.83. The molecule has 1 aliphatic heterocycles. The van der Waals surface area contributed by atoms with Gasteiger partial charge in [0.15, 0.2) is 0 Å². The average molecular weight is 229 g/mol. The molecule has 0 aromatic heterocycles. The number of fused-ring (bicyclic) bond motifs is 1. The third kappa shape index (κ3) is 1.04. The number of hydrogen-bond donors (Lipinski definition) is 0. The average Bonchev–Trinajstić information content (AvgIpc) is 2.32. The largest absolute Gasteiger partial charge is 0.422 e. The van der Waals surface area contributed by atoms with Crippen LogP contribution in [0.25, 0.3) is 0 Å². The molecule has 2 nitrogen and oxygen atoms in total. The van der Waals surface area contributed by atoms with Crippen molar-refractivity contribution in [1.82, 2.24) is 0 Å². The van der Waals surface area contributed by atoms with E-state index < -0.39 is 0 Å². The molecule has 1 aliphatic carbocycles. The van der Waals surface area contributed by atoms with Crippen molar-refractivity contribution in [2.75, 3.05) is 0 Å². The third-order valence-electron chi connectivity index (χ3n) is 2.30. The molecule has 0 amide bonds. The molecule has 2 rings (SSSR count). The maximum Gasteiger partial charge on any atom is 0.339 e. The van der Waals surface area contributed by atoms with Crippen LogP contribution in [0.4, 0.5) is 0 Å². The summed E-state index contributed by atoms with van der Waals surface area (Å²) in [5.74, 6) is 0.600. The van der Waals surface area contributed by atoms with Crippen LogP contribution in [0.1, 0.15) is 26.2 Å². The first-order valence-electron chi connectivity index (χ1n) is 4.01. The van der Waals surface area contributed by atoms with E-state index in [2.05, 4.69) is 15.9 Å². The Morgan fingerprint density at radius 2 is 2.17 bits per heavy atom. The van der Waals surface area contributed by atoms with Gasteiger partial charge in [-0.1, -0.05) is 15.9 Å². The van der Waals surface area contributed by atoms with E-state index in [1.54, 1.807) is 0 Å². The Morgan fingerprint density at radius 3 is 2.83 bits per heavy atom. The van der Waals surface area contributed by atoms with Crippen molar-refractivity contribution in [2.24, 2.45) is 0 Å². The Morgan fingerprint density at radius 1 is 1.42 bits per heavy atom. The van der Waals surface area contributed by atoms with Crippen molar-refractivity contribution in [2.45, 2.75) is 26.2 Å². The molecule has 0 saturated carbocycles. The molecular formula is C9H9BrO2. The van der Waals surface area contributed by atoms with Crippen LogP contribution in [0.3, 0.4) is 0 Å².